The number of hydrogen-bond acceptors (Lipinski definition) is 9. The first-order chi connectivity index (χ1) is 30.9. The van der Waals surface area contributed by atoms with Crippen LogP contribution in [0.25, 0.3) is 5.57 Å². The van der Waals surface area contributed by atoms with Crippen molar-refractivity contribution < 1.29 is 28.0 Å². The van der Waals surface area contributed by atoms with Crippen molar-refractivity contribution in [1.29, 1.82) is 10.8 Å². The van der Waals surface area contributed by atoms with Gasteiger partial charge < -0.3 is 30.7 Å². The first kappa shape index (κ1) is 44.4. The molecule has 4 amide bonds. The number of alkyl halides is 2. The molecule has 0 saturated carbocycles. The van der Waals surface area contributed by atoms with Gasteiger partial charge in [0.05, 0.1) is 0 Å². The Hall–Kier alpha value is -6.24. The van der Waals surface area contributed by atoms with E-state index in [9.17, 15) is 33.4 Å². The second-order valence-electron chi connectivity index (χ2n) is 17.4. The van der Waals surface area contributed by atoms with Crippen LogP contribution in [0, 0.1) is 28.6 Å². The number of carbonyl (C=O) groups excluding carboxylic acids is 4. The van der Waals surface area contributed by atoms with E-state index in [1.807, 2.05) is 23.1 Å². The molecule has 3 unspecified atom stereocenters. The molecule has 64 heavy (non-hydrogen) atoms. The molecule has 3 aromatic carbocycles. The summed E-state index contributed by atoms with van der Waals surface area (Å²) in [5.41, 5.74) is 6.06. The number of amidine groups is 1. The predicted molar refractivity (Wildman–Crippen MR) is 241 cm³/mol. The molecule has 3 fully saturated rings. The lowest BCUT2D eigenvalue weighted by Crippen LogP contribution is -2.59. The molecule has 15 heteroatoms. The Morgan fingerprint density at radius 1 is 0.984 bits per heavy atom. The summed E-state index contributed by atoms with van der Waals surface area (Å²) in [6.45, 7) is 5.89. The van der Waals surface area contributed by atoms with Crippen LogP contribution in [0.5, 0.6) is 0 Å². The fourth-order valence-corrected chi connectivity index (χ4v) is 9.95. The van der Waals surface area contributed by atoms with E-state index in [4.69, 9.17) is 5.41 Å². The van der Waals surface area contributed by atoms with Crippen LogP contribution in [0.2, 0.25) is 0 Å². The molecule has 5 heterocycles. The molecule has 0 spiro atoms. The fraction of sp³-hybridized carbons (Fsp3) is 0.429. The third-order valence-corrected chi connectivity index (χ3v) is 13.4. The zero-order valence-corrected chi connectivity index (χ0v) is 36.3. The van der Waals surface area contributed by atoms with Crippen LogP contribution in [0.3, 0.4) is 0 Å². The van der Waals surface area contributed by atoms with Gasteiger partial charge in [0.15, 0.2) is 0 Å². The summed E-state index contributed by atoms with van der Waals surface area (Å²) in [4.78, 5) is 57.7. The maximum Gasteiger partial charge on any atom is 0.264 e. The van der Waals surface area contributed by atoms with Crippen LogP contribution in [0.1, 0.15) is 101 Å². The number of aryl methyl sites for hydroxylation is 1. The van der Waals surface area contributed by atoms with Crippen molar-refractivity contribution in [3.63, 3.8) is 0 Å². The Kier molecular flexibility index (Phi) is 13.3. The van der Waals surface area contributed by atoms with Crippen molar-refractivity contribution in [2.45, 2.75) is 89.5 Å². The number of hydrogen-bond donors (Lipinski definition) is 5. The minimum Gasteiger partial charge on any atom is -0.393 e. The quantitative estimate of drug-likeness (QED) is 0.0802. The van der Waals surface area contributed by atoms with Gasteiger partial charge in [-0.1, -0.05) is 30.0 Å². The highest BCUT2D eigenvalue weighted by atomic mass is 19.3. The lowest BCUT2D eigenvalue weighted by atomic mass is 9.86. The molecule has 334 valence electrons. The lowest BCUT2D eigenvalue weighted by Gasteiger charge is -2.45. The maximum absolute atomic E-state index is 14.6. The Labute approximate surface area is 372 Å². The number of nitrogens with one attached hydrogen (secondary N) is 5. The largest absolute Gasteiger partial charge is 0.393 e. The molecule has 0 aliphatic carbocycles. The maximum atomic E-state index is 14.6. The van der Waals surface area contributed by atoms with E-state index in [1.54, 1.807) is 43.3 Å². The molecule has 0 radical (unpaired) electrons. The Morgan fingerprint density at radius 3 is 2.47 bits per heavy atom. The lowest BCUT2D eigenvalue weighted by molar-refractivity contribution is -0.137. The van der Waals surface area contributed by atoms with Crippen LogP contribution in [-0.4, -0.2) is 108 Å². The molecular formula is C49H55F2N9O4. The summed E-state index contributed by atoms with van der Waals surface area (Å²) in [6.07, 6.45) is 4.33. The average Bonchev–Trinajstić information content (AvgIpc) is 3.63. The van der Waals surface area contributed by atoms with E-state index in [0.717, 1.165) is 67.4 Å². The van der Waals surface area contributed by atoms with Crippen LogP contribution in [-0.2, 0) is 33.9 Å². The van der Waals surface area contributed by atoms with E-state index < -0.39 is 18.4 Å². The minimum absolute atomic E-state index is 0.0408. The van der Waals surface area contributed by atoms with Crippen molar-refractivity contribution in [2.24, 2.45) is 5.92 Å². The Morgan fingerprint density at radius 2 is 1.77 bits per heavy atom. The summed E-state index contributed by atoms with van der Waals surface area (Å²) in [5, 5.41) is 26.5. The predicted octanol–water partition coefficient (Wildman–Crippen LogP) is 5.22. The van der Waals surface area contributed by atoms with Gasteiger partial charge in [-0.25, -0.2) is 8.78 Å². The SMILES string of the molecule is CN/C=C(\C=N)c1cc2c(cc1C(F)F)N(C(=N)C1CN(C(C)=O)CCC1NC1CCN(Cc3ccc(C#Cc4cccc5c4CN(C4CCC(=O)NC4=O)C5=O)cc3)CC1)CCC2. The standard InChI is InChI=1S/C49H55F2N9O4/c1-30(61)58-22-18-42(41(28-58)47(53)59-19-4-6-34-23-38(35(25-52)26-54-2)39(46(50)51)24-44(34)59)55-36-16-20-57(21-17-36)27-32-10-8-31(9-11-32)12-13-33-5-3-7-37-40(33)29-60(49(37)64)43-14-15-45(62)56-48(43)63/h3,5,7-11,23-26,36,41-43,46,52-55H,4,6,14-22,27-29H2,1-2H3,(H,56,62,63)/b35-26+,52-25?,53-47?. The molecule has 5 aliphatic rings. The van der Waals surface area contributed by atoms with Crippen molar-refractivity contribution >= 4 is 46.9 Å². The highest BCUT2D eigenvalue weighted by Gasteiger charge is 2.41. The fourth-order valence-electron chi connectivity index (χ4n) is 9.95. The molecule has 3 atom stereocenters. The van der Waals surface area contributed by atoms with Gasteiger partial charge in [0.2, 0.25) is 17.7 Å². The molecule has 8 rings (SSSR count). The number of imide groups is 1. The molecule has 13 nitrogen and oxygen atoms in total. The Balaban J connectivity index is 0.886. The smallest absolute Gasteiger partial charge is 0.264 e. The van der Waals surface area contributed by atoms with Gasteiger partial charge in [-0.15, -0.1) is 0 Å². The van der Waals surface area contributed by atoms with Gasteiger partial charge in [0.25, 0.3) is 12.3 Å². The number of rotatable bonds is 10. The van der Waals surface area contributed by atoms with Gasteiger partial charge >= 0.3 is 0 Å². The first-order valence-electron chi connectivity index (χ1n) is 22.2. The van der Waals surface area contributed by atoms with Crippen molar-refractivity contribution in [3.05, 3.63) is 105 Å². The van der Waals surface area contributed by atoms with E-state index in [0.29, 0.717) is 67.1 Å². The molecule has 3 aromatic rings. The summed E-state index contributed by atoms with van der Waals surface area (Å²) >= 11 is 0. The number of carbonyl (C=O) groups is 4. The molecule has 5 N–H and O–H groups in total. The number of nitrogens with zero attached hydrogens (tertiary/aromatic N) is 4. The number of anilines is 1. The highest BCUT2D eigenvalue weighted by molar-refractivity contribution is 6.09. The monoisotopic (exact) mass is 871 g/mol. The third kappa shape index (κ3) is 9.35. The minimum atomic E-state index is -2.76. The summed E-state index contributed by atoms with van der Waals surface area (Å²) < 4.78 is 29.1. The number of piperidine rings is 3. The van der Waals surface area contributed by atoms with Gasteiger partial charge in [-0.3, -0.25) is 34.8 Å². The van der Waals surface area contributed by atoms with Gasteiger partial charge in [0.1, 0.15) is 11.9 Å². The molecule has 0 aromatic heterocycles. The molecular weight excluding hydrogens is 817 g/mol. The number of likely N-dealkylation sites (tertiary alicyclic amines) is 2. The molecule has 0 bridgehead atoms. The number of fused-ring (bicyclic) bond motifs is 2. The second kappa shape index (κ2) is 19.2. The van der Waals surface area contributed by atoms with E-state index >= 15 is 0 Å². The zero-order chi connectivity index (χ0) is 45.1. The van der Waals surface area contributed by atoms with Crippen LogP contribution >= 0.6 is 0 Å². The Bertz CT molecular complexity index is 2440. The van der Waals surface area contributed by atoms with Crippen LogP contribution in [0.15, 0.2) is 60.8 Å². The summed E-state index contributed by atoms with van der Waals surface area (Å²) in [6, 6.07) is 16.4. The van der Waals surface area contributed by atoms with E-state index in [2.05, 4.69) is 44.8 Å². The van der Waals surface area contributed by atoms with Crippen molar-refractivity contribution in [3.8, 4) is 11.8 Å². The van der Waals surface area contributed by atoms with Gasteiger partial charge in [-0.2, -0.15) is 0 Å². The molecule has 5 aliphatic heterocycles. The van der Waals surface area contributed by atoms with Crippen molar-refractivity contribution in [2.75, 3.05) is 44.7 Å². The summed E-state index contributed by atoms with van der Waals surface area (Å²) in [5.74, 6) is 5.49. The third-order valence-electron chi connectivity index (χ3n) is 13.4. The average molecular weight is 872 g/mol. The van der Waals surface area contributed by atoms with Crippen molar-refractivity contribution in [1.82, 2.24) is 30.7 Å². The second-order valence-corrected chi connectivity index (χ2v) is 17.4. The van der Waals surface area contributed by atoms with E-state index in [1.165, 1.54) is 16.5 Å². The normalized spacial score (nSPS) is 21.8. The van der Waals surface area contributed by atoms with Crippen LogP contribution < -0.4 is 20.9 Å². The number of allylic oxidation sites excluding steroid dienone is 1. The zero-order valence-electron chi connectivity index (χ0n) is 36.3. The number of halogens is 2. The highest BCUT2D eigenvalue weighted by Crippen LogP contribution is 2.38. The van der Waals surface area contributed by atoms with E-state index in [-0.39, 0.29) is 54.3 Å². The summed E-state index contributed by atoms with van der Waals surface area (Å²) in [7, 11) is 1.67. The number of amides is 4. The van der Waals surface area contributed by atoms with Gasteiger partial charge in [-0.05, 0) is 110 Å². The molecule has 3 saturated heterocycles. The first-order valence-corrected chi connectivity index (χ1v) is 22.2. The number of benzene rings is 3. The van der Waals surface area contributed by atoms with Gasteiger partial charge in [0, 0.05) is 117 Å². The van der Waals surface area contributed by atoms with Crippen LogP contribution in [0.4, 0.5) is 14.5 Å². The topological polar surface area (TPSA) is 165 Å².